The molecule has 2 heterocycles. The predicted molar refractivity (Wildman–Crippen MR) is 90.3 cm³/mol. The van der Waals surface area contributed by atoms with Crippen LogP contribution in [0.5, 0.6) is 0 Å². The van der Waals surface area contributed by atoms with E-state index in [-0.39, 0.29) is 5.56 Å². The van der Waals surface area contributed by atoms with Crippen molar-refractivity contribution < 1.29 is 0 Å². The van der Waals surface area contributed by atoms with Crippen LogP contribution in [0.25, 0.3) is 11.4 Å². The Morgan fingerprint density at radius 2 is 2.19 bits per heavy atom. The third-order valence-electron chi connectivity index (χ3n) is 3.99. The van der Waals surface area contributed by atoms with Crippen molar-refractivity contribution in [1.82, 2.24) is 19.7 Å². The normalized spacial score (nSPS) is 15.7. The first-order chi connectivity index (χ1) is 10.2. The maximum Gasteiger partial charge on any atom is 0.264 e. The zero-order valence-electron chi connectivity index (χ0n) is 12.1. The number of rotatable bonds is 4. The first-order valence-corrected chi connectivity index (χ1v) is 8.59. The molecule has 0 unspecified atom stereocenters. The molecule has 0 saturated heterocycles. The van der Waals surface area contributed by atoms with Crippen molar-refractivity contribution in [2.24, 2.45) is 0 Å². The summed E-state index contributed by atoms with van der Waals surface area (Å²) in [6.07, 6.45) is 9.51. The molecule has 0 aromatic carbocycles. The summed E-state index contributed by atoms with van der Waals surface area (Å²) < 4.78 is 2.63. The largest absolute Gasteiger partial charge is 0.306 e. The van der Waals surface area contributed by atoms with Gasteiger partial charge in [0, 0.05) is 18.7 Å². The average molecular weight is 398 g/mol. The van der Waals surface area contributed by atoms with Gasteiger partial charge in [0.15, 0.2) is 0 Å². The SMILES string of the molecule is CCCn1cc(-c2nc(C3CCCC3)c(I)c(=O)[nH]2)cn1. The molecular formula is C15H19IN4O. The number of nitrogens with one attached hydrogen (secondary N) is 1. The smallest absolute Gasteiger partial charge is 0.264 e. The molecule has 21 heavy (non-hydrogen) atoms. The Kier molecular flexibility index (Phi) is 4.42. The van der Waals surface area contributed by atoms with Crippen molar-refractivity contribution >= 4 is 22.6 Å². The van der Waals surface area contributed by atoms with Gasteiger partial charge in [-0.3, -0.25) is 9.48 Å². The van der Waals surface area contributed by atoms with Gasteiger partial charge in [-0.1, -0.05) is 19.8 Å². The molecule has 1 N–H and O–H groups in total. The van der Waals surface area contributed by atoms with Crippen molar-refractivity contribution in [1.29, 1.82) is 0 Å². The fourth-order valence-corrected chi connectivity index (χ4v) is 3.62. The maximum absolute atomic E-state index is 12.2. The van der Waals surface area contributed by atoms with Gasteiger partial charge in [-0.05, 0) is 41.9 Å². The minimum atomic E-state index is -0.0364. The molecular weight excluding hydrogens is 379 g/mol. The minimum absolute atomic E-state index is 0.0364. The summed E-state index contributed by atoms with van der Waals surface area (Å²) in [7, 11) is 0. The van der Waals surface area contributed by atoms with Crippen LogP contribution in [0.4, 0.5) is 0 Å². The molecule has 5 nitrogen and oxygen atoms in total. The highest BCUT2D eigenvalue weighted by Crippen LogP contribution is 2.34. The van der Waals surface area contributed by atoms with Gasteiger partial charge in [-0.25, -0.2) is 4.98 Å². The summed E-state index contributed by atoms with van der Waals surface area (Å²) in [5.74, 6) is 1.08. The molecule has 3 rings (SSSR count). The van der Waals surface area contributed by atoms with E-state index in [4.69, 9.17) is 4.98 Å². The van der Waals surface area contributed by atoms with Crippen LogP contribution in [-0.4, -0.2) is 19.7 Å². The monoisotopic (exact) mass is 398 g/mol. The predicted octanol–water partition coefficient (Wildman–Crippen LogP) is 3.31. The van der Waals surface area contributed by atoms with E-state index in [0.717, 1.165) is 40.6 Å². The molecule has 2 aromatic heterocycles. The van der Waals surface area contributed by atoms with Crippen LogP contribution in [-0.2, 0) is 6.54 Å². The van der Waals surface area contributed by atoms with Gasteiger partial charge in [0.25, 0.3) is 5.56 Å². The first kappa shape index (κ1) is 14.7. The number of nitrogens with zero attached hydrogens (tertiary/aromatic N) is 3. The lowest BCUT2D eigenvalue weighted by Gasteiger charge is -2.11. The van der Waals surface area contributed by atoms with E-state index < -0.39 is 0 Å². The third kappa shape index (κ3) is 3.04. The summed E-state index contributed by atoms with van der Waals surface area (Å²) >= 11 is 2.12. The lowest BCUT2D eigenvalue weighted by molar-refractivity contribution is 0.603. The van der Waals surface area contributed by atoms with Gasteiger partial charge in [0.05, 0.1) is 21.0 Å². The molecule has 0 atom stereocenters. The highest BCUT2D eigenvalue weighted by molar-refractivity contribution is 14.1. The van der Waals surface area contributed by atoms with Crippen LogP contribution in [0.1, 0.15) is 50.6 Å². The minimum Gasteiger partial charge on any atom is -0.306 e. The molecule has 6 heteroatoms. The van der Waals surface area contributed by atoms with Gasteiger partial charge in [0.2, 0.25) is 0 Å². The van der Waals surface area contributed by atoms with Crippen LogP contribution >= 0.6 is 22.6 Å². The Hall–Kier alpha value is -1.18. The standard InChI is InChI=1S/C15H19IN4O/c1-2-7-20-9-11(8-17-20)14-18-13(10-5-3-4-6-10)12(16)15(21)19-14/h8-10H,2-7H2,1H3,(H,18,19,21). The summed E-state index contributed by atoms with van der Waals surface area (Å²) in [6, 6.07) is 0. The Morgan fingerprint density at radius 3 is 2.90 bits per heavy atom. The fourth-order valence-electron chi connectivity index (χ4n) is 2.92. The molecule has 0 amide bonds. The quantitative estimate of drug-likeness (QED) is 0.804. The number of aromatic amines is 1. The molecule has 2 aromatic rings. The topological polar surface area (TPSA) is 63.6 Å². The second-order valence-electron chi connectivity index (χ2n) is 5.59. The van der Waals surface area contributed by atoms with E-state index in [1.165, 1.54) is 12.8 Å². The summed E-state index contributed by atoms with van der Waals surface area (Å²) in [6.45, 7) is 2.99. The number of hydrogen-bond donors (Lipinski definition) is 1. The zero-order chi connectivity index (χ0) is 14.8. The van der Waals surface area contributed by atoms with Crippen LogP contribution < -0.4 is 5.56 Å². The molecule has 1 saturated carbocycles. The van der Waals surface area contributed by atoms with Gasteiger partial charge in [-0.2, -0.15) is 5.10 Å². The van der Waals surface area contributed by atoms with E-state index in [2.05, 4.69) is 39.6 Å². The van der Waals surface area contributed by atoms with Crippen molar-refractivity contribution in [2.45, 2.75) is 51.5 Å². The molecule has 0 spiro atoms. The van der Waals surface area contributed by atoms with Crippen molar-refractivity contribution in [3.05, 3.63) is 32.0 Å². The van der Waals surface area contributed by atoms with Crippen LogP contribution in [0.15, 0.2) is 17.2 Å². The number of H-pyrrole nitrogens is 1. The second-order valence-corrected chi connectivity index (χ2v) is 6.67. The van der Waals surface area contributed by atoms with E-state index in [1.54, 1.807) is 6.20 Å². The number of hydrogen-bond acceptors (Lipinski definition) is 3. The summed E-state index contributed by atoms with van der Waals surface area (Å²) in [5, 5.41) is 4.31. The lowest BCUT2D eigenvalue weighted by Crippen LogP contribution is -2.17. The van der Waals surface area contributed by atoms with Gasteiger partial charge in [-0.15, -0.1) is 0 Å². The summed E-state index contributed by atoms with van der Waals surface area (Å²) in [4.78, 5) is 19.8. The van der Waals surface area contributed by atoms with Gasteiger partial charge >= 0.3 is 0 Å². The van der Waals surface area contributed by atoms with Crippen LogP contribution in [0, 0.1) is 3.57 Å². The van der Waals surface area contributed by atoms with Crippen molar-refractivity contribution in [2.75, 3.05) is 0 Å². The van der Waals surface area contributed by atoms with E-state index in [1.807, 2.05) is 10.9 Å². The fraction of sp³-hybridized carbons (Fsp3) is 0.533. The Morgan fingerprint density at radius 1 is 1.43 bits per heavy atom. The van der Waals surface area contributed by atoms with Gasteiger partial charge < -0.3 is 4.98 Å². The average Bonchev–Trinajstić information content (AvgIpc) is 3.13. The molecule has 1 fully saturated rings. The van der Waals surface area contributed by atoms with E-state index in [9.17, 15) is 4.79 Å². The van der Waals surface area contributed by atoms with Crippen molar-refractivity contribution in [3.8, 4) is 11.4 Å². The Labute approximate surface area is 137 Å². The number of halogens is 1. The van der Waals surface area contributed by atoms with E-state index >= 15 is 0 Å². The second kappa shape index (κ2) is 6.29. The highest BCUT2D eigenvalue weighted by atomic mass is 127. The number of aryl methyl sites for hydroxylation is 1. The van der Waals surface area contributed by atoms with E-state index in [0.29, 0.717) is 11.7 Å². The number of aromatic nitrogens is 4. The molecule has 0 aliphatic heterocycles. The highest BCUT2D eigenvalue weighted by Gasteiger charge is 2.23. The third-order valence-corrected chi connectivity index (χ3v) is 5.03. The van der Waals surface area contributed by atoms with Gasteiger partial charge in [0.1, 0.15) is 5.82 Å². The Bertz CT molecular complexity index is 685. The molecule has 112 valence electrons. The molecule has 1 aliphatic rings. The summed E-state index contributed by atoms with van der Waals surface area (Å²) in [5.41, 5.74) is 1.82. The molecule has 0 bridgehead atoms. The van der Waals surface area contributed by atoms with Crippen LogP contribution in [0.2, 0.25) is 0 Å². The lowest BCUT2D eigenvalue weighted by atomic mass is 10.0. The first-order valence-electron chi connectivity index (χ1n) is 7.51. The van der Waals surface area contributed by atoms with Crippen molar-refractivity contribution in [3.63, 3.8) is 0 Å². The Balaban J connectivity index is 2.00. The maximum atomic E-state index is 12.2. The molecule has 1 aliphatic carbocycles. The van der Waals surface area contributed by atoms with Crippen LogP contribution in [0.3, 0.4) is 0 Å². The zero-order valence-corrected chi connectivity index (χ0v) is 14.3. The molecule has 0 radical (unpaired) electrons.